The van der Waals surface area contributed by atoms with E-state index in [0.29, 0.717) is 17.2 Å². The Bertz CT molecular complexity index is 656. The summed E-state index contributed by atoms with van der Waals surface area (Å²) in [6, 6.07) is 9.97. The van der Waals surface area contributed by atoms with E-state index in [4.69, 9.17) is 4.74 Å². The van der Waals surface area contributed by atoms with Crippen molar-refractivity contribution in [2.75, 3.05) is 13.6 Å². The maximum Gasteiger partial charge on any atom is 0.148 e. The predicted octanol–water partition coefficient (Wildman–Crippen LogP) is 2.48. The lowest BCUT2D eigenvalue weighted by Gasteiger charge is -2.35. The SMILES string of the molecule is CNCC1CC(Oc2c(C#N)cnc3ccccc23)C1. The monoisotopic (exact) mass is 267 g/mol. The number of hydrogen-bond donors (Lipinski definition) is 1. The summed E-state index contributed by atoms with van der Waals surface area (Å²) < 4.78 is 6.07. The number of fused-ring (bicyclic) bond motifs is 1. The first-order chi connectivity index (χ1) is 9.81. The standard InChI is InChI=1S/C16H17N3O/c1-18-9-11-6-13(7-11)20-16-12(8-17)10-19-15-5-3-2-4-14(15)16/h2-5,10-11,13,18H,6-7,9H2,1H3. The van der Waals surface area contributed by atoms with Crippen LogP contribution in [0.15, 0.2) is 30.5 Å². The third kappa shape index (κ3) is 2.33. The molecule has 20 heavy (non-hydrogen) atoms. The van der Waals surface area contributed by atoms with E-state index in [1.54, 1.807) is 6.20 Å². The fourth-order valence-corrected chi connectivity index (χ4v) is 2.72. The van der Waals surface area contributed by atoms with Gasteiger partial charge in [-0.1, -0.05) is 12.1 Å². The topological polar surface area (TPSA) is 57.9 Å². The highest BCUT2D eigenvalue weighted by Crippen LogP contribution is 2.35. The Morgan fingerprint density at radius 3 is 2.95 bits per heavy atom. The Morgan fingerprint density at radius 2 is 2.20 bits per heavy atom. The van der Waals surface area contributed by atoms with Crippen LogP contribution in [-0.4, -0.2) is 24.7 Å². The van der Waals surface area contributed by atoms with Crippen molar-refractivity contribution >= 4 is 10.9 Å². The number of pyridine rings is 1. The first-order valence-corrected chi connectivity index (χ1v) is 6.91. The molecule has 4 nitrogen and oxygen atoms in total. The summed E-state index contributed by atoms with van der Waals surface area (Å²) in [4.78, 5) is 4.30. The number of aromatic nitrogens is 1. The lowest BCUT2D eigenvalue weighted by atomic mass is 9.82. The summed E-state index contributed by atoms with van der Waals surface area (Å²) in [6.45, 7) is 1.03. The van der Waals surface area contributed by atoms with Crippen LogP contribution in [0.4, 0.5) is 0 Å². The molecule has 1 aromatic heterocycles. The molecule has 1 aliphatic rings. The fourth-order valence-electron chi connectivity index (χ4n) is 2.72. The zero-order valence-electron chi connectivity index (χ0n) is 11.5. The van der Waals surface area contributed by atoms with Crippen LogP contribution in [0.25, 0.3) is 10.9 Å². The van der Waals surface area contributed by atoms with Crippen molar-refractivity contribution in [3.05, 3.63) is 36.0 Å². The highest BCUT2D eigenvalue weighted by Gasteiger charge is 2.31. The smallest absolute Gasteiger partial charge is 0.148 e. The van der Waals surface area contributed by atoms with Gasteiger partial charge in [0, 0.05) is 11.6 Å². The molecule has 1 aliphatic carbocycles. The van der Waals surface area contributed by atoms with Crippen LogP contribution < -0.4 is 10.1 Å². The van der Waals surface area contributed by atoms with Crippen LogP contribution in [0.1, 0.15) is 18.4 Å². The summed E-state index contributed by atoms with van der Waals surface area (Å²) in [5, 5.41) is 13.3. The second-order valence-corrected chi connectivity index (χ2v) is 5.26. The van der Waals surface area contributed by atoms with Gasteiger partial charge in [0.25, 0.3) is 0 Å². The lowest BCUT2D eigenvalue weighted by Crippen LogP contribution is -2.38. The van der Waals surface area contributed by atoms with Crippen molar-refractivity contribution in [3.8, 4) is 11.8 Å². The van der Waals surface area contributed by atoms with Gasteiger partial charge in [0.1, 0.15) is 17.4 Å². The molecule has 102 valence electrons. The van der Waals surface area contributed by atoms with E-state index in [-0.39, 0.29) is 6.10 Å². The van der Waals surface area contributed by atoms with Gasteiger partial charge in [-0.3, -0.25) is 4.98 Å². The molecule has 0 amide bonds. The number of nitriles is 1. The number of para-hydroxylation sites is 1. The summed E-state index contributed by atoms with van der Waals surface area (Å²) in [6.07, 6.45) is 3.90. The third-order valence-electron chi connectivity index (χ3n) is 3.82. The van der Waals surface area contributed by atoms with Gasteiger partial charge in [0.05, 0.1) is 11.6 Å². The maximum absolute atomic E-state index is 9.24. The Balaban J connectivity index is 1.85. The minimum atomic E-state index is 0.214. The number of benzene rings is 1. The second-order valence-electron chi connectivity index (χ2n) is 5.26. The highest BCUT2D eigenvalue weighted by atomic mass is 16.5. The predicted molar refractivity (Wildman–Crippen MR) is 77.5 cm³/mol. The highest BCUT2D eigenvalue weighted by molar-refractivity contribution is 5.87. The zero-order chi connectivity index (χ0) is 13.9. The number of hydrogen-bond acceptors (Lipinski definition) is 4. The molecule has 0 spiro atoms. The van der Waals surface area contributed by atoms with Crippen LogP contribution in [0.3, 0.4) is 0 Å². The Labute approximate surface area is 118 Å². The molecule has 1 aromatic carbocycles. The van der Waals surface area contributed by atoms with Gasteiger partial charge in [0.2, 0.25) is 0 Å². The van der Waals surface area contributed by atoms with Crippen molar-refractivity contribution in [3.63, 3.8) is 0 Å². The maximum atomic E-state index is 9.24. The molecule has 2 aromatic rings. The van der Waals surface area contributed by atoms with Gasteiger partial charge < -0.3 is 10.1 Å². The lowest BCUT2D eigenvalue weighted by molar-refractivity contribution is 0.0668. The van der Waals surface area contributed by atoms with Crippen molar-refractivity contribution in [2.24, 2.45) is 5.92 Å². The second kappa shape index (κ2) is 5.48. The van der Waals surface area contributed by atoms with E-state index in [0.717, 1.165) is 30.3 Å². The van der Waals surface area contributed by atoms with E-state index < -0.39 is 0 Å². The molecule has 1 N–H and O–H groups in total. The molecule has 0 bridgehead atoms. The van der Waals surface area contributed by atoms with E-state index in [1.165, 1.54) is 0 Å². The van der Waals surface area contributed by atoms with Crippen LogP contribution in [0.2, 0.25) is 0 Å². The number of nitrogens with zero attached hydrogens (tertiary/aromatic N) is 2. The zero-order valence-corrected chi connectivity index (χ0v) is 11.5. The Morgan fingerprint density at radius 1 is 1.40 bits per heavy atom. The van der Waals surface area contributed by atoms with E-state index in [9.17, 15) is 5.26 Å². The van der Waals surface area contributed by atoms with Crippen molar-refractivity contribution in [2.45, 2.75) is 18.9 Å². The number of rotatable bonds is 4. The van der Waals surface area contributed by atoms with Gasteiger partial charge >= 0.3 is 0 Å². The molecular weight excluding hydrogens is 250 g/mol. The van der Waals surface area contributed by atoms with E-state index in [1.807, 2.05) is 31.3 Å². The van der Waals surface area contributed by atoms with Crippen molar-refractivity contribution in [1.29, 1.82) is 5.26 Å². The van der Waals surface area contributed by atoms with Crippen molar-refractivity contribution in [1.82, 2.24) is 10.3 Å². The average Bonchev–Trinajstić information content (AvgIpc) is 2.45. The Kier molecular flexibility index (Phi) is 3.53. The van der Waals surface area contributed by atoms with E-state index in [2.05, 4.69) is 16.4 Å². The molecule has 3 rings (SSSR count). The van der Waals surface area contributed by atoms with Gasteiger partial charge in [-0.05, 0) is 44.5 Å². The molecular formula is C16H17N3O. The summed E-state index contributed by atoms with van der Waals surface area (Å²) >= 11 is 0. The number of ether oxygens (including phenoxy) is 1. The first kappa shape index (κ1) is 12.9. The first-order valence-electron chi connectivity index (χ1n) is 6.91. The molecule has 0 atom stereocenters. The largest absolute Gasteiger partial charge is 0.488 e. The summed E-state index contributed by atoms with van der Waals surface area (Å²) in [7, 11) is 1.97. The van der Waals surface area contributed by atoms with Crippen LogP contribution in [0, 0.1) is 17.2 Å². The van der Waals surface area contributed by atoms with Crippen molar-refractivity contribution < 1.29 is 4.74 Å². The number of nitrogens with one attached hydrogen (secondary N) is 1. The average molecular weight is 267 g/mol. The van der Waals surface area contributed by atoms with Crippen LogP contribution >= 0.6 is 0 Å². The molecule has 0 saturated heterocycles. The third-order valence-corrected chi connectivity index (χ3v) is 3.82. The molecule has 0 aliphatic heterocycles. The van der Waals surface area contributed by atoms with Gasteiger partial charge in [-0.2, -0.15) is 5.26 Å². The summed E-state index contributed by atoms with van der Waals surface area (Å²) in [5.41, 5.74) is 1.38. The fraction of sp³-hybridized carbons (Fsp3) is 0.375. The normalized spacial score (nSPS) is 21.2. The molecule has 1 saturated carbocycles. The van der Waals surface area contributed by atoms with E-state index >= 15 is 0 Å². The molecule has 1 heterocycles. The molecule has 4 heteroatoms. The van der Waals surface area contributed by atoms with Gasteiger partial charge in [0.15, 0.2) is 0 Å². The van der Waals surface area contributed by atoms with Gasteiger partial charge in [-0.15, -0.1) is 0 Å². The molecule has 1 fully saturated rings. The minimum absolute atomic E-state index is 0.214. The Hall–Kier alpha value is -2.12. The minimum Gasteiger partial charge on any atom is -0.488 e. The van der Waals surface area contributed by atoms with Gasteiger partial charge in [-0.25, -0.2) is 0 Å². The van der Waals surface area contributed by atoms with Crippen LogP contribution in [0.5, 0.6) is 5.75 Å². The summed E-state index contributed by atoms with van der Waals surface area (Å²) in [5.74, 6) is 1.37. The quantitative estimate of drug-likeness (QED) is 0.924. The van der Waals surface area contributed by atoms with Crippen LogP contribution in [-0.2, 0) is 0 Å². The molecule has 0 radical (unpaired) electrons. The molecule has 0 unspecified atom stereocenters.